The highest BCUT2D eigenvalue weighted by atomic mass is 79.9. The molecule has 0 amide bonds. The van der Waals surface area contributed by atoms with Crippen LogP contribution >= 0.6 is 50.7 Å². The fourth-order valence-corrected chi connectivity index (χ4v) is 4.18. The van der Waals surface area contributed by atoms with Crippen LogP contribution in [-0.4, -0.2) is 5.71 Å². The molecule has 0 fully saturated rings. The Morgan fingerprint density at radius 2 is 1.63 bits per heavy atom. The molecule has 0 bridgehead atoms. The number of rotatable bonds is 3. The zero-order valence-electron chi connectivity index (χ0n) is 14.0. The summed E-state index contributed by atoms with van der Waals surface area (Å²) in [4.78, 5) is 0. The van der Waals surface area contributed by atoms with Crippen LogP contribution in [0.4, 0.5) is 5.69 Å². The minimum Gasteiger partial charge on any atom is -0.257 e. The number of nitrogens with zero attached hydrogens (tertiary/aromatic N) is 2. The zero-order chi connectivity index (χ0) is 19.0. The molecule has 1 aliphatic rings. The van der Waals surface area contributed by atoms with Gasteiger partial charge in [0.15, 0.2) is 0 Å². The highest BCUT2D eigenvalue weighted by Gasteiger charge is 2.31. The number of anilines is 1. The Kier molecular flexibility index (Phi) is 5.47. The summed E-state index contributed by atoms with van der Waals surface area (Å²) in [6.45, 7) is 0. The van der Waals surface area contributed by atoms with Crippen molar-refractivity contribution in [3.63, 3.8) is 0 Å². The monoisotopic (exact) mass is 478 g/mol. The second-order valence-electron chi connectivity index (χ2n) is 6.26. The van der Waals surface area contributed by atoms with E-state index >= 15 is 0 Å². The molecular weight excluding hydrogens is 467 g/mol. The third kappa shape index (κ3) is 4.02. The average Bonchev–Trinajstić information content (AvgIpc) is 3.07. The Balaban J connectivity index is 1.79. The Morgan fingerprint density at radius 1 is 0.889 bits per heavy atom. The summed E-state index contributed by atoms with van der Waals surface area (Å²) in [5.74, 6) is 0. The van der Waals surface area contributed by atoms with E-state index in [0.29, 0.717) is 15.1 Å². The summed E-state index contributed by atoms with van der Waals surface area (Å²) < 4.78 is 1.04. The van der Waals surface area contributed by atoms with E-state index in [4.69, 9.17) is 39.9 Å². The van der Waals surface area contributed by atoms with Gasteiger partial charge in [0.25, 0.3) is 0 Å². The van der Waals surface area contributed by atoms with Gasteiger partial charge in [-0.1, -0.05) is 75.0 Å². The molecule has 3 aromatic carbocycles. The maximum Gasteiger partial charge on any atom is 0.0846 e. The van der Waals surface area contributed by atoms with Crippen LogP contribution in [0, 0.1) is 0 Å². The third-order valence-electron chi connectivity index (χ3n) is 4.48. The predicted octanol–water partition coefficient (Wildman–Crippen LogP) is 7.77. The van der Waals surface area contributed by atoms with Crippen molar-refractivity contribution in [1.29, 1.82) is 0 Å². The van der Waals surface area contributed by atoms with Gasteiger partial charge in [0, 0.05) is 26.0 Å². The second-order valence-corrected chi connectivity index (χ2v) is 8.46. The molecular formula is C21H14BrCl3N2. The molecule has 2 nitrogen and oxygen atoms in total. The molecule has 4 rings (SSSR count). The summed E-state index contributed by atoms with van der Waals surface area (Å²) in [5.41, 5.74) is 3.99. The SMILES string of the molecule is Clc1cccc(N2N=C(c3ccc(Br)cc3)C[C@@H]2c2ccc(Cl)cc2Cl)c1. The first-order valence-electron chi connectivity index (χ1n) is 8.34. The van der Waals surface area contributed by atoms with E-state index in [2.05, 4.69) is 28.1 Å². The number of benzene rings is 3. The van der Waals surface area contributed by atoms with Crippen LogP contribution in [0.3, 0.4) is 0 Å². The Morgan fingerprint density at radius 3 is 2.33 bits per heavy atom. The van der Waals surface area contributed by atoms with Crippen molar-refractivity contribution in [3.8, 4) is 0 Å². The molecule has 6 heteroatoms. The lowest BCUT2D eigenvalue weighted by Gasteiger charge is -2.25. The lowest BCUT2D eigenvalue weighted by atomic mass is 9.98. The Hall–Kier alpha value is -1.52. The summed E-state index contributed by atoms with van der Waals surface area (Å²) >= 11 is 22.3. The molecule has 0 aromatic heterocycles. The Bertz CT molecular complexity index is 1020. The van der Waals surface area contributed by atoms with Gasteiger partial charge in [0.2, 0.25) is 0 Å². The van der Waals surface area contributed by atoms with Crippen LogP contribution in [0.1, 0.15) is 23.6 Å². The lowest BCUT2D eigenvalue weighted by Crippen LogP contribution is -2.18. The standard InChI is InChI=1S/C21H14BrCl3N2/c22-14-6-4-13(5-7-14)20-12-21(18-9-8-16(24)11-19(18)25)27(26-20)17-3-1-2-15(23)10-17/h1-11,21H,12H2/t21-/m1/s1. The first kappa shape index (κ1) is 18.8. The first-order chi connectivity index (χ1) is 13.0. The molecule has 0 radical (unpaired) electrons. The van der Waals surface area contributed by atoms with Crippen LogP contribution in [0.2, 0.25) is 15.1 Å². The van der Waals surface area contributed by atoms with E-state index in [1.807, 2.05) is 53.5 Å². The molecule has 27 heavy (non-hydrogen) atoms. The topological polar surface area (TPSA) is 15.6 Å². The smallest absolute Gasteiger partial charge is 0.0846 e. The van der Waals surface area contributed by atoms with E-state index in [1.165, 1.54) is 0 Å². The lowest BCUT2D eigenvalue weighted by molar-refractivity contribution is 0.709. The fourth-order valence-electron chi connectivity index (χ4n) is 3.20. The fraction of sp³-hybridized carbons (Fsp3) is 0.0952. The van der Waals surface area contributed by atoms with Crippen molar-refractivity contribution in [2.24, 2.45) is 5.10 Å². The van der Waals surface area contributed by atoms with Crippen molar-refractivity contribution in [1.82, 2.24) is 0 Å². The average molecular weight is 481 g/mol. The molecule has 0 saturated heterocycles. The molecule has 0 saturated carbocycles. The van der Waals surface area contributed by atoms with Crippen LogP contribution in [0.5, 0.6) is 0 Å². The second kappa shape index (κ2) is 7.84. The van der Waals surface area contributed by atoms with Crippen molar-refractivity contribution in [3.05, 3.63) is 97.4 Å². The molecule has 3 aromatic rings. The molecule has 0 unspecified atom stereocenters. The van der Waals surface area contributed by atoms with Crippen molar-refractivity contribution in [2.45, 2.75) is 12.5 Å². The number of halogens is 4. The zero-order valence-corrected chi connectivity index (χ0v) is 17.9. The van der Waals surface area contributed by atoms with Gasteiger partial charge in [0.05, 0.1) is 17.4 Å². The van der Waals surface area contributed by atoms with Crippen LogP contribution in [0.15, 0.2) is 76.3 Å². The highest BCUT2D eigenvalue weighted by molar-refractivity contribution is 9.10. The Labute approximate surface area is 181 Å². The van der Waals surface area contributed by atoms with Crippen molar-refractivity contribution >= 4 is 62.1 Å². The van der Waals surface area contributed by atoms with E-state index in [0.717, 1.165) is 33.4 Å². The van der Waals surface area contributed by atoms with Crippen molar-refractivity contribution < 1.29 is 0 Å². The van der Waals surface area contributed by atoms with E-state index < -0.39 is 0 Å². The third-order valence-corrected chi connectivity index (χ3v) is 5.81. The van der Waals surface area contributed by atoms with Gasteiger partial charge in [0.1, 0.15) is 0 Å². The largest absolute Gasteiger partial charge is 0.257 e. The minimum atomic E-state index is -0.0353. The van der Waals surface area contributed by atoms with Gasteiger partial charge in [-0.2, -0.15) is 5.10 Å². The number of hydrogen-bond acceptors (Lipinski definition) is 2. The van der Waals surface area contributed by atoms with Gasteiger partial charge < -0.3 is 0 Å². The van der Waals surface area contributed by atoms with E-state index in [1.54, 1.807) is 6.07 Å². The molecule has 0 N–H and O–H groups in total. The van der Waals surface area contributed by atoms with Crippen LogP contribution in [0.25, 0.3) is 0 Å². The minimum absolute atomic E-state index is 0.0353. The van der Waals surface area contributed by atoms with E-state index in [9.17, 15) is 0 Å². The van der Waals surface area contributed by atoms with Gasteiger partial charge >= 0.3 is 0 Å². The molecule has 0 aliphatic carbocycles. The molecule has 1 aliphatic heterocycles. The summed E-state index contributed by atoms with van der Waals surface area (Å²) in [6.07, 6.45) is 0.732. The summed E-state index contributed by atoms with van der Waals surface area (Å²) in [7, 11) is 0. The first-order valence-corrected chi connectivity index (χ1v) is 10.3. The van der Waals surface area contributed by atoms with Crippen LogP contribution < -0.4 is 5.01 Å². The van der Waals surface area contributed by atoms with E-state index in [-0.39, 0.29) is 6.04 Å². The summed E-state index contributed by atoms with van der Waals surface area (Å²) in [5, 5.41) is 8.80. The van der Waals surface area contributed by atoms with Crippen molar-refractivity contribution in [2.75, 3.05) is 5.01 Å². The summed E-state index contributed by atoms with van der Waals surface area (Å²) in [6, 6.07) is 21.4. The van der Waals surface area contributed by atoms with Gasteiger partial charge in [-0.25, -0.2) is 0 Å². The van der Waals surface area contributed by atoms with Gasteiger partial charge in [-0.15, -0.1) is 0 Å². The molecule has 1 atom stereocenters. The molecule has 136 valence electrons. The number of hydrogen-bond donors (Lipinski definition) is 0. The maximum absolute atomic E-state index is 6.51. The highest BCUT2D eigenvalue weighted by Crippen LogP contribution is 2.40. The number of hydrazone groups is 1. The van der Waals surface area contributed by atoms with Crippen LogP contribution in [-0.2, 0) is 0 Å². The van der Waals surface area contributed by atoms with Gasteiger partial charge in [-0.3, -0.25) is 5.01 Å². The predicted molar refractivity (Wildman–Crippen MR) is 118 cm³/mol. The molecule has 1 heterocycles. The maximum atomic E-state index is 6.51. The normalized spacial score (nSPS) is 16.5. The van der Waals surface area contributed by atoms with Gasteiger partial charge in [-0.05, 0) is 53.6 Å². The molecule has 0 spiro atoms. The quantitative estimate of drug-likeness (QED) is 0.374.